The lowest BCUT2D eigenvalue weighted by molar-refractivity contribution is -0.384. The van der Waals surface area contributed by atoms with Crippen LogP contribution >= 0.6 is 0 Å². The van der Waals surface area contributed by atoms with Crippen LogP contribution in [0.25, 0.3) is 0 Å². The van der Waals surface area contributed by atoms with E-state index in [4.69, 9.17) is 0 Å². The fourth-order valence-electron chi connectivity index (χ4n) is 3.07. The molecule has 0 atom stereocenters. The molecule has 0 saturated carbocycles. The molecule has 0 unspecified atom stereocenters. The fraction of sp³-hybridized carbons (Fsp3) is 0.556. The van der Waals surface area contributed by atoms with Crippen LogP contribution in [0.15, 0.2) is 18.2 Å². The van der Waals surface area contributed by atoms with E-state index in [0.717, 1.165) is 32.4 Å². The number of nitrogens with zero attached hydrogens (tertiary/aromatic N) is 2. The molecule has 0 bridgehead atoms. The number of nitro benzene ring substituents is 1. The van der Waals surface area contributed by atoms with E-state index in [1.165, 1.54) is 13.2 Å². The molecule has 142 valence electrons. The minimum absolute atomic E-state index is 0.101. The highest BCUT2D eigenvalue weighted by Crippen LogP contribution is 2.35. The first kappa shape index (κ1) is 19.7. The topological polar surface area (TPSA) is 102 Å². The van der Waals surface area contributed by atoms with Gasteiger partial charge in [0.2, 0.25) is 0 Å². The van der Waals surface area contributed by atoms with Crippen LogP contribution in [0.1, 0.15) is 43.5 Å². The van der Waals surface area contributed by atoms with Crippen molar-refractivity contribution in [3.05, 3.63) is 33.9 Å². The highest BCUT2D eigenvalue weighted by molar-refractivity contribution is 5.97. The van der Waals surface area contributed by atoms with Crippen LogP contribution in [0, 0.1) is 15.5 Å². The van der Waals surface area contributed by atoms with Gasteiger partial charge < -0.3 is 15.0 Å². The van der Waals surface area contributed by atoms with Crippen LogP contribution in [-0.4, -0.2) is 43.5 Å². The molecule has 1 aliphatic rings. The summed E-state index contributed by atoms with van der Waals surface area (Å²) in [5.74, 6) is -1.14. The molecule has 1 saturated heterocycles. The lowest BCUT2D eigenvalue weighted by atomic mass is 9.85. The summed E-state index contributed by atoms with van der Waals surface area (Å²) in [6, 6.07) is 4.42. The fourth-order valence-corrected chi connectivity index (χ4v) is 3.07. The number of esters is 1. The van der Waals surface area contributed by atoms with Crippen LogP contribution in [0.3, 0.4) is 0 Å². The van der Waals surface area contributed by atoms with Crippen molar-refractivity contribution in [3.8, 4) is 0 Å². The summed E-state index contributed by atoms with van der Waals surface area (Å²) in [5, 5.41) is 13.9. The summed E-state index contributed by atoms with van der Waals surface area (Å²) < 4.78 is 4.46. The van der Waals surface area contributed by atoms with Crippen molar-refractivity contribution in [2.45, 2.75) is 33.1 Å². The largest absolute Gasteiger partial charge is 0.468 e. The minimum Gasteiger partial charge on any atom is -0.468 e. The second-order valence-corrected chi connectivity index (χ2v) is 7.22. The number of hydrogen-bond donors (Lipinski definition) is 1. The van der Waals surface area contributed by atoms with Crippen molar-refractivity contribution in [2.24, 2.45) is 5.41 Å². The summed E-state index contributed by atoms with van der Waals surface area (Å²) in [4.78, 5) is 36.3. The Kier molecular flexibility index (Phi) is 6.18. The number of anilines is 1. The Labute approximate surface area is 152 Å². The average Bonchev–Trinajstić information content (AvgIpc) is 2.79. The van der Waals surface area contributed by atoms with E-state index >= 15 is 0 Å². The number of amides is 1. The Hall–Kier alpha value is -2.64. The van der Waals surface area contributed by atoms with E-state index in [9.17, 15) is 19.7 Å². The van der Waals surface area contributed by atoms with Gasteiger partial charge in [0.1, 0.15) is 12.2 Å². The predicted molar refractivity (Wildman–Crippen MR) is 97.3 cm³/mol. The second kappa shape index (κ2) is 8.16. The van der Waals surface area contributed by atoms with Crippen molar-refractivity contribution in [2.75, 3.05) is 31.6 Å². The van der Waals surface area contributed by atoms with Crippen LogP contribution in [0.4, 0.5) is 11.4 Å². The highest BCUT2D eigenvalue weighted by Gasteiger charge is 2.27. The van der Waals surface area contributed by atoms with Crippen LogP contribution in [0.5, 0.6) is 0 Å². The quantitative estimate of drug-likeness (QED) is 0.490. The van der Waals surface area contributed by atoms with Gasteiger partial charge in [0.15, 0.2) is 0 Å². The van der Waals surface area contributed by atoms with Crippen LogP contribution in [-0.2, 0) is 9.53 Å². The van der Waals surface area contributed by atoms with Gasteiger partial charge in [-0.1, -0.05) is 13.8 Å². The lowest BCUT2D eigenvalue weighted by Crippen LogP contribution is -2.30. The van der Waals surface area contributed by atoms with Crippen molar-refractivity contribution in [1.82, 2.24) is 5.32 Å². The summed E-state index contributed by atoms with van der Waals surface area (Å²) in [7, 11) is 1.22. The average molecular weight is 363 g/mol. The van der Waals surface area contributed by atoms with Gasteiger partial charge in [-0.15, -0.1) is 0 Å². The number of carbonyl (C=O) groups excluding carboxylic acids is 2. The molecule has 1 N–H and O–H groups in total. The maximum atomic E-state index is 12.1. The number of ether oxygens (including phenoxy) is 1. The van der Waals surface area contributed by atoms with Crippen LogP contribution in [0.2, 0.25) is 0 Å². The number of methoxy groups -OCH3 is 1. The second-order valence-electron chi connectivity index (χ2n) is 7.22. The maximum Gasteiger partial charge on any atom is 0.325 e. The molecule has 2 rings (SSSR count). The third-order valence-corrected chi connectivity index (χ3v) is 4.74. The van der Waals surface area contributed by atoms with Gasteiger partial charge in [0.25, 0.3) is 11.6 Å². The zero-order valence-corrected chi connectivity index (χ0v) is 15.4. The third-order valence-electron chi connectivity index (χ3n) is 4.74. The first-order valence-corrected chi connectivity index (χ1v) is 8.62. The first-order valence-electron chi connectivity index (χ1n) is 8.62. The summed E-state index contributed by atoms with van der Waals surface area (Å²) in [6.07, 6.45) is 2.99. The number of carbonyl (C=O) groups is 2. The molecule has 26 heavy (non-hydrogen) atoms. The molecule has 1 heterocycles. The van der Waals surface area contributed by atoms with Gasteiger partial charge in [-0.05, 0) is 36.8 Å². The van der Waals surface area contributed by atoms with Crippen molar-refractivity contribution < 1.29 is 19.2 Å². The van der Waals surface area contributed by atoms with E-state index in [-0.39, 0.29) is 23.2 Å². The maximum absolute atomic E-state index is 12.1. The summed E-state index contributed by atoms with van der Waals surface area (Å²) in [5.41, 5.74) is 0.782. The smallest absolute Gasteiger partial charge is 0.325 e. The highest BCUT2D eigenvalue weighted by atomic mass is 16.6. The van der Waals surface area contributed by atoms with Gasteiger partial charge in [-0.25, -0.2) is 0 Å². The molecule has 1 aromatic rings. The van der Waals surface area contributed by atoms with Gasteiger partial charge in [-0.2, -0.15) is 0 Å². The standard InChI is InChI=1S/C18H25N3O5/c1-18(2)7-4-9-20(10-8-18)14-6-5-13(11-15(14)21(24)25)17(23)19-12-16(22)26-3/h5-6,11H,4,7-10,12H2,1-3H3,(H,19,23). The molecule has 0 spiro atoms. The number of nitrogens with one attached hydrogen (secondary N) is 1. The third kappa shape index (κ3) is 4.93. The summed E-state index contributed by atoms with van der Waals surface area (Å²) in [6.45, 7) is 5.62. The lowest BCUT2D eigenvalue weighted by Gasteiger charge is -2.24. The predicted octanol–water partition coefficient (Wildman–Crippen LogP) is 2.51. The van der Waals surface area contributed by atoms with Crippen LogP contribution < -0.4 is 10.2 Å². The molecule has 8 heteroatoms. The Balaban J connectivity index is 2.22. The van der Waals surface area contributed by atoms with Gasteiger partial charge >= 0.3 is 5.97 Å². The SMILES string of the molecule is COC(=O)CNC(=O)c1ccc(N2CCCC(C)(C)CC2)c([N+](=O)[O-])c1. The molecule has 1 amide bonds. The number of benzene rings is 1. The number of nitro groups is 1. The number of rotatable bonds is 5. The molecule has 0 radical (unpaired) electrons. The molecule has 0 aromatic heterocycles. The van der Waals surface area contributed by atoms with E-state index in [0.29, 0.717) is 5.69 Å². The van der Waals surface area contributed by atoms with E-state index < -0.39 is 16.8 Å². The molecule has 1 aromatic carbocycles. The van der Waals surface area contributed by atoms with Crippen molar-refractivity contribution >= 4 is 23.3 Å². The van der Waals surface area contributed by atoms with Gasteiger partial charge in [0.05, 0.1) is 12.0 Å². The van der Waals surface area contributed by atoms with Gasteiger partial charge in [0, 0.05) is 24.7 Å². The Morgan fingerprint density at radius 2 is 2.04 bits per heavy atom. The molecular weight excluding hydrogens is 338 g/mol. The molecule has 1 fully saturated rings. The zero-order valence-electron chi connectivity index (χ0n) is 15.4. The molecule has 8 nitrogen and oxygen atoms in total. The zero-order chi connectivity index (χ0) is 19.3. The van der Waals surface area contributed by atoms with E-state index in [1.807, 2.05) is 4.90 Å². The molecule has 1 aliphatic heterocycles. The normalized spacial score (nSPS) is 16.5. The monoisotopic (exact) mass is 363 g/mol. The minimum atomic E-state index is -0.586. The molecule has 0 aliphatic carbocycles. The Morgan fingerprint density at radius 1 is 1.31 bits per heavy atom. The number of hydrogen-bond acceptors (Lipinski definition) is 6. The van der Waals surface area contributed by atoms with Crippen molar-refractivity contribution in [3.63, 3.8) is 0 Å². The van der Waals surface area contributed by atoms with Crippen molar-refractivity contribution in [1.29, 1.82) is 0 Å². The molecular formula is C18H25N3O5. The summed E-state index contributed by atoms with van der Waals surface area (Å²) >= 11 is 0. The van der Waals surface area contributed by atoms with E-state index in [2.05, 4.69) is 23.9 Å². The first-order chi connectivity index (χ1) is 12.2. The Bertz CT molecular complexity index is 702. The van der Waals surface area contributed by atoms with Gasteiger partial charge in [-0.3, -0.25) is 19.7 Å². The Morgan fingerprint density at radius 3 is 2.69 bits per heavy atom. The van der Waals surface area contributed by atoms with E-state index in [1.54, 1.807) is 12.1 Å².